The van der Waals surface area contributed by atoms with Crippen LogP contribution >= 0.6 is 0 Å². The highest BCUT2D eigenvalue weighted by molar-refractivity contribution is 7.90. The predicted molar refractivity (Wildman–Crippen MR) is 124 cm³/mol. The van der Waals surface area contributed by atoms with Gasteiger partial charge in [-0.1, -0.05) is 6.07 Å². The van der Waals surface area contributed by atoms with Crippen molar-refractivity contribution in [2.45, 2.75) is 44.2 Å². The molecule has 0 saturated carbocycles. The second-order valence-corrected chi connectivity index (χ2v) is 11.5. The molecule has 0 radical (unpaired) electrons. The summed E-state index contributed by atoms with van der Waals surface area (Å²) in [5.41, 5.74) is 3.68. The molecular formula is C24H28N4O5S. The first-order valence-corrected chi connectivity index (χ1v) is 13.4. The Morgan fingerprint density at radius 2 is 1.76 bits per heavy atom. The Balaban J connectivity index is 1.19. The molecule has 0 aliphatic carbocycles. The quantitative estimate of drug-likeness (QED) is 0.592. The van der Waals surface area contributed by atoms with Gasteiger partial charge in [0.05, 0.1) is 11.0 Å². The molecule has 3 aliphatic rings. The van der Waals surface area contributed by atoms with Crippen molar-refractivity contribution in [2.75, 3.05) is 37.3 Å². The van der Waals surface area contributed by atoms with E-state index < -0.39 is 9.84 Å². The number of anilines is 1. The van der Waals surface area contributed by atoms with Crippen LogP contribution in [0, 0.1) is 12.3 Å². The molecule has 0 bridgehead atoms. The molecule has 2 saturated heterocycles. The zero-order valence-corrected chi connectivity index (χ0v) is 20.2. The van der Waals surface area contributed by atoms with Crippen LogP contribution in [0.1, 0.15) is 46.3 Å². The number of sulfone groups is 1. The van der Waals surface area contributed by atoms with Gasteiger partial charge in [-0.25, -0.2) is 13.2 Å². The first-order chi connectivity index (χ1) is 16.2. The van der Waals surface area contributed by atoms with Crippen LogP contribution in [0.5, 0.6) is 0 Å². The van der Waals surface area contributed by atoms with Gasteiger partial charge in [-0.15, -0.1) is 10.2 Å². The summed E-state index contributed by atoms with van der Waals surface area (Å²) in [5, 5.41) is 7.71. The fourth-order valence-electron chi connectivity index (χ4n) is 5.31. The zero-order valence-electron chi connectivity index (χ0n) is 19.4. The van der Waals surface area contributed by atoms with Crippen LogP contribution in [0.3, 0.4) is 0 Å². The van der Waals surface area contributed by atoms with Crippen molar-refractivity contribution in [2.24, 2.45) is 5.41 Å². The average molecular weight is 485 g/mol. The number of nitrogens with zero attached hydrogens (tertiary/aromatic N) is 4. The monoisotopic (exact) mass is 484 g/mol. The number of fused-ring (bicyclic) bond motifs is 1. The molecule has 1 aromatic heterocycles. The Morgan fingerprint density at radius 1 is 1.03 bits per heavy atom. The van der Waals surface area contributed by atoms with Crippen LogP contribution in [0.4, 0.5) is 5.82 Å². The molecule has 180 valence electrons. The van der Waals surface area contributed by atoms with Gasteiger partial charge in [0.2, 0.25) is 5.91 Å². The van der Waals surface area contributed by atoms with E-state index in [9.17, 15) is 18.0 Å². The molecule has 1 aromatic carbocycles. The van der Waals surface area contributed by atoms with Gasteiger partial charge in [0, 0.05) is 24.9 Å². The number of amides is 1. The van der Waals surface area contributed by atoms with Crippen molar-refractivity contribution in [1.29, 1.82) is 0 Å². The Morgan fingerprint density at radius 3 is 2.44 bits per heavy atom. The third kappa shape index (κ3) is 3.98. The van der Waals surface area contributed by atoms with E-state index in [1.165, 1.54) is 11.6 Å². The van der Waals surface area contributed by atoms with E-state index in [-0.39, 0.29) is 22.3 Å². The van der Waals surface area contributed by atoms with Gasteiger partial charge in [-0.3, -0.25) is 9.69 Å². The highest BCUT2D eigenvalue weighted by atomic mass is 32.2. The van der Waals surface area contributed by atoms with E-state index >= 15 is 0 Å². The highest BCUT2D eigenvalue weighted by Crippen LogP contribution is 2.42. The van der Waals surface area contributed by atoms with Crippen LogP contribution in [0.15, 0.2) is 29.3 Å². The number of piperidine rings is 1. The van der Waals surface area contributed by atoms with Crippen LogP contribution in [0.2, 0.25) is 0 Å². The Labute approximate surface area is 199 Å². The third-order valence-electron chi connectivity index (χ3n) is 7.58. The number of likely N-dealkylation sites (tertiary alicyclic amines) is 1. The van der Waals surface area contributed by atoms with Crippen molar-refractivity contribution < 1.29 is 22.7 Å². The lowest BCUT2D eigenvalue weighted by atomic mass is 9.77. The smallest absolute Gasteiger partial charge is 0.338 e. The van der Waals surface area contributed by atoms with Gasteiger partial charge in [0.25, 0.3) is 0 Å². The van der Waals surface area contributed by atoms with Gasteiger partial charge in [0.1, 0.15) is 6.61 Å². The molecule has 5 rings (SSSR count). The van der Waals surface area contributed by atoms with E-state index in [2.05, 4.69) is 22.0 Å². The summed E-state index contributed by atoms with van der Waals surface area (Å²) >= 11 is 0. The summed E-state index contributed by atoms with van der Waals surface area (Å²) in [6.45, 7) is 5.59. The number of benzene rings is 1. The standard InChI is InChI=1S/C24H28N4O5S/c1-16-17(3-4-18-19(16)15-33-22(18)29)7-11-27-12-8-24(9-13-27)10-14-28(23(24)30)20-5-6-21(26-25-20)34(2,31)32/h3-6H,7-15H2,1-2H3. The SMILES string of the molecule is Cc1c(CCN2CCC3(CC2)CCN(c2ccc(S(C)(=O)=O)nn2)C3=O)ccc2c1COC2=O. The van der Waals surface area contributed by atoms with Crippen LogP contribution in [-0.4, -0.2) is 67.8 Å². The number of hydrogen-bond acceptors (Lipinski definition) is 8. The van der Waals surface area contributed by atoms with Crippen molar-refractivity contribution in [1.82, 2.24) is 15.1 Å². The maximum absolute atomic E-state index is 13.3. The maximum Gasteiger partial charge on any atom is 0.338 e. The molecule has 0 atom stereocenters. The van der Waals surface area contributed by atoms with Crippen LogP contribution in [-0.2, 0) is 32.4 Å². The molecule has 34 heavy (non-hydrogen) atoms. The molecule has 4 heterocycles. The topological polar surface area (TPSA) is 110 Å². The lowest BCUT2D eigenvalue weighted by molar-refractivity contribution is -0.128. The highest BCUT2D eigenvalue weighted by Gasteiger charge is 2.48. The second-order valence-electron chi connectivity index (χ2n) is 9.53. The van der Waals surface area contributed by atoms with E-state index in [1.807, 2.05) is 12.1 Å². The number of esters is 1. The van der Waals surface area contributed by atoms with Gasteiger partial charge in [-0.05, 0) is 75.0 Å². The lowest BCUT2D eigenvalue weighted by Crippen LogP contribution is -2.45. The number of rotatable bonds is 5. The summed E-state index contributed by atoms with van der Waals surface area (Å²) in [6, 6.07) is 6.87. The zero-order chi connectivity index (χ0) is 24.1. The first kappa shape index (κ1) is 22.9. The van der Waals surface area contributed by atoms with Crippen molar-refractivity contribution in [3.63, 3.8) is 0 Å². The fourth-order valence-corrected chi connectivity index (χ4v) is 5.81. The number of ether oxygens (including phenoxy) is 1. The van der Waals surface area contributed by atoms with Crippen LogP contribution < -0.4 is 4.90 Å². The first-order valence-electron chi connectivity index (χ1n) is 11.5. The maximum atomic E-state index is 13.3. The van der Waals surface area contributed by atoms with E-state index in [1.54, 1.807) is 11.0 Å². The average Bonchev–Trinajstić information content (AvgIpc) is 3.35. The molecule has 9 nitrogen and oxygen atoms in total. The molecule has 3 aliphatic heterocycles. The Bertz CT molecular complexity index is 1250. The van der Waals surface area contributed by atoms with Crippen molar-refractivity contribution >= 4 is 27.5 Å². The van der Waals surface area contributed by atoms with Gasteiger partial charge in [-0.2, -0.15) is 0 Å². The number of cyclic esters (lactones) is 1. The van der Waals surface area contributed by atoms with Crippen LogP contribution in [0.25, 0.3) is 0 Å². The molecule has 0 unspecified atom stereocenters. The van der Waals surface area contributed by atoms with Gasteiger partial charge in [0.15, 0.2) is 20.7 Å². The summed E-state index contributed by atoms with van der Waals surface area (Å²) in [5.74, 6) is 0.234. The molecule has 1 amide bonds. The lowest BCUT2D eigenvalue weighted by Gasteiger charge is -2.38. The number of carbonyl (C=O) groups excluding carboxylic acids is 2. The molecular weight excluding hydrogens is 456 g/mol. The van der Waals surface area contributed by atoms with E-state index in [0.29, 0.717) is 24.5 Å². The van der Waals surface area contributed by atoms with Gasteiger partial charge < -0.3 is 9.64 Å². The minimum Gasteiger partial charge on any atom is -0.457 e. The fraction of sp³-hybridized carbons (Fsp3) is 0.500. The Kier molecular flexibility index (Phi) is 5.68. The number of aromatic nitrogens is 2. The molecule has 2 aromatic rings. The second kappa shape index (κ2) is 8.42. The van der Waals surface area contributed by atoms with Crippen molar-refractivity contribution in [3.8, 4) is 0 Å². The number of hydrogen-bond donors (Lipinski definition) is 0. The molecule has 10 heteroatoms. The van der Waals surface area contributed by atoms with E-state index in [0.717, 1.165) is 62.7 Å². The molecule has 1 spiro atoms. The minimum atomic E-state index is -3.43. The van der Waals surface area contributed by atoms with E-state index in [4.69, 9.17) is 4.74 Å². The minimum absolute atomic E-state index is 0.0627. The summed E-state index contributed by atoms with van der Waals surface area (Å²) < 4.78 is 28.4. The molecule has 2 fully saturated rings. The van der Waals surface area contributed by atoms with Crippen molar-refractivity contribution in [3.05, 3.63) is 46.5 Å². The summed E-state index contributed by atoms with van der Waals surface area (Å²) in [7, 11) is -3.43. The number of carbonyl (C=O) groups is 2. The summed E-state index contributed by atoms with van der Waals surface area (Å²) in [6.07, 6.45) is 4.34. The van der Waals surface area contributed by atoms with Gasteiger partial charge >= 0.3 is 5.97 Å². The largest absolute Gasteiger partial charge is 0.457 e. The summed E-state index contributed by atoms with van der Waals surface area (Å²) in [4.78, 5) is 29.1. The third-order valence-corrected chi connectivity index (χ3v) is 8.56. The Hall–Kier alpha value is -2.85. The normalized spacial score (nSPS) is 20.1. The predicted octanol–water partition coefficient (Wildman–Crippen LogP) is 1.92. The molecule has 0 N–H and O–H groups in total.